The standard InChI is InChI=1S/C17H12F3NO2/c1-10-4-2-5-11(8-10)9-21-14-12(15(22)16(21)23)6-3-7-13(14)17(18,19)20/h2-8H,9H2,1H3. The van der Waals surface area contributed by atoms with Crippen molar-refractivity contribution in [2.75, 3.05) is 4.90 Å². The Morgan fingerprint density at radius 1 is 1.04 bits per heavy atom. The summed E-state index contributed by atoms with van der Waals surface area (Å²) in [5.41, 5.74) is 0.0663. The molecule has 0 aromatic heterocycles. The highest BCUT2D eigenvalue weighted by atomic mass is 19.4. The fourth-order valence-corrected chi connectivity index (χ4v) is 2.73. The van der Waals surface area contributed by atoms with Crippen LogP contribution in [0.1, 0.15) is 27.0 Å². The molecule has 1 aliphatic rings. The van der Waals surface area contributed by atoms with Gasteiger partial charge in [-0.05, 0) is 24.6 Å². The SMILES string of the molecule is Cc1cccc(CN2C(=O)C(=O)c3cccc(C(F)(F)F)c32)c1. The Labute approximate surface area is 130 Å². The second-order valence-electron chi connectivity index (χ2n) is 5.41. The van der Waals surface area contributed by atoms with Gasteiger partial charge in [-0.15, -0.1) is 0 Å². The Bertz CT molecular complexity index is 812. The zero-order chi connectivity index (χ0) is 16.8. The molecule has 0 radical (unpaired) electrons. The maximum Gasteiger partial charge on any atom is 0.418 e. The van der Waals surface area contributed by atoms with E-state index in [9.17, 15) is 22.8 Å². The van der Waals surface area contributed by atoms with Crippen molar-refractivity contribution in [3.63, 3.8) is 0 Å². The van der Waals surface area contributed by atoms with Crippen LogP contribution in [0.2, 0.25) is 0 Å². The molecule has 23 heavy (non-hydrogen) atoms. The molecule has 1 aliphatic heterocycles. The fourth-order valence-electron chi connectivity index (χ4n) is 2.73. The molecule has 0 spiro atoms. The van der Waals surface area contributed by atoms with Crippen LogP contribution >= 0.6 is 0 Å². The third-order valence-electron chi connectivity index (χ3n) is 3.72. The van der Waals surface area contributed by atoms with Gasteiger partial charge in [0, 0.05) is 0 Å². The number of ketones is 1. The molecular weight excluding hydrogens is 307 g/mol. The number of carbonyl (C=O) groups excluding carboxylic acids is 2. The van der Waals surface area contributed by atoms with Crippen molar-refractivity contribution < 1.29 is 22.8 Å². The Morgan fingerprint density at radius 3 is 2.39 bits per heavy atom. The van der Waals surface area contributed by atoms with E-state index >= 15 is 0 Å². The second kappa shape index (κ2) is 5.22. The van der Waals surface area contributed by atoms with Gasteiger partial charge in [-0.1, -0.05) is 35.9 Å². The fraction of sp³-hybridized carbons (Fsp3) is 0.176. The van der Waals surface area contributed by atoms with Gasteiger partial charge >= 0.3 is 6.18 Å². The average Bonchev–Trinajstić information content (AvgIpc) is 2.72. The molecule has 0 aliphatic carbocycles. The van der Waals surface area contributed by atoms with E-state index in [1.54, 1.807) is 18.2 Å². The molecule has 0 unspecified atom stereocenters. The zero-order valence-electron chi connectivity index (χ0n) is 12.1. The van der Waals surface area contributed by atoms with Crippen molar-refractivity contribution in [3.05, 3.63) is 64.7 Å². The molecule has 0 fully saturated rings. The highest BCUT2D eigenvalue weighted by molar-refractivity contribution is 6.52. The summed E-state index contributed by atoms with van der Waals surface area (Å²) in [5.74, 6) is -1.84. The first kappa shape index (κ1) is 15.3. The van der Waals surface area contributed by atoms with Crippen LogP contribution in [-0.2, 0) is 17.5 Å². The molecule has 1 heterocycles. The Balaban J connectivity index is 2.11. The number of Topliss-reactive ketones (excluding diaryl/α,β-unsaturated/α-hetero) is 1. The van der Waals surface area contributed by atoms with Crippen LogP contribution in [0.5, 0.6) is 0 Å². The predicted octanol–water partition coefficient (Wildman–Crippen LogP) is 3.74. The lowest BCUT2D eigenvalue weighted by atomic mass is 10.1. The summed E-state index contributed by atoms with van der Waals surface area (Å²) in [4.78, 5) is 25.0. The van der Waals surface area contributed by atoms with E-state index in [0.29, 0.717) is 5.56 Å². The summed E-state index contributed by atoms with van der Waals surface area (Å²) in [6.07, 6.45) is -4.64. The van der Waals surface area contributed by atoms with Gasteiger partial charge in [0.15, 0.2) is 0 Å². The number of rotatable bonds is 2. The number of alkyl halides is 3. The molecule has 2 aromatic rings. The van der Waals surface area contributed by atoms with E-state index in [2.05, 4.69) is 0 Å². The van der Waals surface area contributed by atoms with Crippen molar-refractivity contribution in [2.45, 2.75) is 19.6 Å². The first-order valence-electron chi connectivity index (χ1n) is 6.91. The van der Waals surface area contributed by atoms with Crippen LogP contribution < -0.4 is 4.90 Å². The lowest BCUT2D eigenvalue weighted by molar-refractivity contribution is -0.137. The molecule has 3 nitrogen and oxygen atoms in total. The number of anilines is 1. The predicted molar refractivity (Wildman–Crippen MR) is 78.1 cm³/mol. The monoisotopic (exact) mass is 319 g/mol. The minimum Gasteiger partial charge on any atom is -0.300 e. The summed E-state index contributed by atoms with van der Waals surface area (Å²) >= 11 is 0. The number of benzene rings is 2. The minimum atomic E-state index is -4.64. The molecule has 3 rings (SSSR count). The molecule has 1 amide bonds. The zero-order valence-corrected chi connectivity index (χ0v) is 12.1. The molecule has 6 heteroatoms. The summed E-state index contributed by atoms with van der Waals surface area (Å²) < 4.78 is 39.7. The quantitative estimate of drug-likeness (QED) is 0.791. The molecule has 0 atom stereocenters. The van der Waals surface area contributed by atoms with Crippen molar-refractivity contribution in [2.24, 2.45) is 0 Å². The maximum absolute atomic E-state index is 13.2. The number of fused-ring (bicyclic) bond motifs is 1. The lowest BCUT2D eigenvalue weighted by Crippen LogP contribution is -2.30. The van der Waals surface area contributed by atoms with Crippen molar-refractivity contribution >= 4 is 17.4 Å². The van der Waals surface area contributed by atoms with E-state index in [1.807, 2.05) is 13.0 Å². The third kappa shape index (κ3) is 2.60. The number of halogens is 3. The summed E-state index contributed by atoms with van der Waals surface area (Å²) in [6.45, 7) is 1.77. The van der Waals surface area contributed by atoms with Crippen LogP contribution in [0.4, 0.5) is 18.9 Å². The van der Waals surface area contributed by atoms with Crippen LogP contribution in [0, 0.1) is 6.92 Å². The largest absolute Gasteiger partial charge is 0.418 e. The number of aryl methyl sites for hydroxylation is 1. The topological polar surface area (TPSA) is 37.4 Å². The van der Waals surface area contributed by atoms with Crippen molar-refractivity contribution in [1.82, 2.24) is 0 Å². The number of para-hydroxylation sites is 1. The van der Waals surface area contributed by atoms with Gasteiger partial charge < -0.3 is 0 Å². The normalized spacial score (nSPS) is 14.3. The summed E-state index contributed by atoms with van der Waals surface area (Å²) in [7, 11) is 0. The Kier molecular flexibility index (Phi) is 3.47. The molecule has 118 valence electrons. The first-order valence-corrected chi connectivity index (χ1v) is 6.91. The van der Waals surface area contributed by atoms with E-state index in [0.717, 1.165) is 22.6 Å². The van der Waals surface area contributed by atoms with Gasteiger partial charge in [0.2, 0.25) is 0 Å². The average molecular weight is 319 g/mol. The summed E-state index contributed by atoms with van der Waals surface area (Å²) in [6, 6.07) is 10.3. The van der Waals surface area contributed by atoms with Gasteiger partial charge in [-0.2, -0.15) is 13.2 Å². The number of nitrogens with zero attached hydrogens (tertiary/aromatic N) is 1. The Morgan fingerprint density at radius 2 is 1.74 bits per heavy atom. The number of hydrogen-bond acceptors (Lipinski definition) is 2. The van der Waals surface area contributed by atoms with Crippen molar-refractivity contribution in [3.8, 4) is 0 Å². The van der Waals surface area contributed by atoms with E-state index in [1.165, 1.54) is 6.07 Å². The molecule has 0 bridgehead atoms. The smallest absolute Gasteiger partial charge is 0.300 e. The minimum absolute atomic E-state index is 0.0770. The van der Waals surface area contributed by atoms with Gasteiger partial charge in [0.1, 0.15) is 0 Å². The molecule has 0 saturated carbocycles. The second-order valence-corrected chi connectivity index (χ2v) is 5.41. The van der Waals surface area contributed by atoms with E-state index in [4.69, 9.17) is 0 Å². The summed E-state index contributed by atoms with van der Waals surface area (Å²) in [5, 5.41) is 0. The maximum atomic E-state index is 13.2. The van der Waals surface area contributed by atoms with Gasteiger partial charge in [-0.3, -0.25) is 14.5 Å². The lowest BCUT2D eigenvalue weighted by Gasteiger charge is -2.21. The highest BCUT2D eigenvalue weighted by Crippen LogP contribution is 2.42. The van der Waals surface area contributed by atoms with Crippen LogP contribution in [0.15, 0.2) is 42.5 Å². The third-order valence-corrected chi connectivity index (χ3v) is 3.72. The molecule has 2 aromatic carbocycles. The van der Waals surface area contributed by atoms with Crippen molar-refractivity contribution in [1.29, 1.82) is 0 Å². The first-order chi connectivity index (χ1) is 10.8. The number of amides is 1. The number of carbonyl (C=O) groups is 2. The van der Waals surface area contributed by atoms with Crippen LogP contribution in [0.3, 0.4) is 0 Å². The van der Waals surface area contributed by atoms with Crippen LogP contribution in [-0.4, -0.2) is 11.7 Å². The molecular formula is C17H12F3NO2. The van der Waals surface area contributed by atoms with Gasteiger partial charge in [-0.25, -0.2) is 0 Å². The van der Waals surface area contributed by atoms with Gasteiger partial charge in [0.05, 0.1) is 23.4 Å². The van der Waals surface area contributed by atoms with E-state index in [-0.39, 0.29) is 17.8 Å². The van der Waals surface area contributed by atoms with E-state index < -0.39 is 23.4 Å². The molecule has 0 saturated heterocycles. The molecule has 0 N–H and O–H groups in total. The van der Waals surface area contributed by atoms with Crippen LogP contribution in [0.25, 0.3) is 0 Å². The van der Waals surface area contributed by atoms with Gasteiger partial charge in [0.25, 0.3) is 11.7 Å². The highest BCUT2D eigenvalue weighted by Gasteiger charge is 2.44. The number of hydrogen-bond donors (Lipinski definition) is 0. The Hall–Kier alpha value is -2.63.